The van der Waals surface area contributed by atoms with Gasteiger partial charge in [0.25, 0.3) is 0 Å². The Bertz CT molecular complexity index is 526. The van der Waals surface area contributed by atoms with Crippen molar-refractivity contribution in [2.75, 3.05) is 7.11 Å². The summed E-state index contributed by atoms with van der Waals surface area (Å²) in [5.74, 6) is 0.0424. The fraction of sp³-hybridized carbons (Fsp3) is 0.308. The summed E-state index contributed by atoms with van der Waals surface area (Å²) < 4.78 is 11.8. The third-order valence-electron chi connectivity index (χ3n) is 2.45. The van der Waals surface area contributed by atoms with E-state index in [-0.39, 0.29) is 5.75 Å². The second-order valence-corrected chi connectivity index (χ2v) is 6.21. The zero-order chi connectivity index (χ0) is 14.7. The van der Waals surface area contributed by atoms with Crippen LogP contribution in [0, 0.1) is 7.14 Å². The van der Waals surface area contributed by atoms with Crippen molar-refractivity contribution in [3.05, 3.63) is 30.9 Å². The molecule has 0 aliphatic carbocycles. The number of halogens is 2. The van der Waals surface area contributed by atoms with Crippen LogP contribution in [0.1, 0.15) is 25.5 Å². The van der Waals surface area contributed by atoms with E-state index >= 15 is 0 Å². The number of carbonyl (C=O) groups is 1. The smallest absolute Gasteiger partial charge is 0.333 e. The number of hydrogen-bond acceptors (Lipinski definition) is 4. The summed E-state index contributed by atoms with van der Waals surface area (Å²) in [6, 6.07) is 1.77. The monoisotopic (exact) mass is 488 g/mol. The second kappa shape index (κ2) is 6.78. The van der Waals surface area contributed by atoms with Crippen molar-refractivity contribution in [3.8, 4) is 11.5 Å². The van der Waals surface area contributed by atoms with E-state index < -0.39 is 12.1 Å². The van der Waals surface area contributed by atoms with Gasteiger partial charge in [0, 0.05) is 11.1 Å². The Morgan fingerprint density at radius 1 is 1.47 bits per heavy atom. The highest BCUT2D eigenvalue weighted by molar-refractivity contribution is 14.1. The van der Waals surface area contributed by atoms with Crippen molar-refractivity contribution in [3.63, 3.8) is 0 Å². The van der Waals surface area contributed by atoms with E-state index in [1.54, 1.807) is 19.9 Å². The Labute approximate surface area is 139 Å². The molecule has 0 saturated heterocycles. The largest absolute Gasteiger partial charge is 0.503 e. The Balaban J connectivity index is 3.17. The number of benzene rings is 1. The van der Waals surface area contributed by atoms with Crippen LogP contribution in [0.3, 0.4) is 0 Å². The maximum atomic E-state index is 11.5. The lowest BCUT2D eigenvalue weighted by Gasteiger charge is -2.18. The third-order valence-corrected chi connectivity index (χ3v) is 4.39. The van der Waals surface area contributed by atoms with Gasteiger partial charge < -0.3 is 14.6 Å². The maximum Gasteiger partial charge on any atom is 0.333 e. The number of rotatable bonds is 4. The van der Waals surface area contributed by atoms with Crippen LogP contribution in [0.25, 0.3) is 0 Å². The Kier molecular flexibility index (Phi) is 5.90. The maximum absolute atomic E-state index is 11.5. The summed E-state index contributed by atoms with van der Waals surface area (Å²) in [5, 5.41) is 9.90. The van der Waals surface area contributed by atoms with E-state index in [2.05, 4.69) is 29.2 Å². The van der Waals surface area contributed by atoms with E-state index in [4.69, 9.17) is 9.47 Å². The fourth-order valence-electron chi connectivity index (χ4n) is 1.42. The van der Waals surface area contributed by atoms with Crippen molar-refractivity contribution in [1.82, 2.24) is 0 Å². The van der Waals surface area contributed by atoms with Gasteiger partial charge in [0.1, 0.15) is 6.10 Å². The van der Waals surface area contributed by atoms with Crippen molar-refractivity contribution in [2.24, 2.45) is 0 Å². The highest BCUT2D eigenvalue weighted by atomic mass is 127. The minimum atomic E-state index is -0.445. The zero-order valence-corrected chi connectivity index (χ0v) is 15.1. The SMILES string of the molecule is C=C(C)C(=O)OC(C)c1cc(I)c(O)c(OC)c1I. The first kappa shape index (κ1) is 16.5. The normalized spacial score (nSPS) is 11.8. The quantitative estimate of drug-likeness (QED) is 0.399. The van der Waals surface area contributed by atoms with Crippen LogP contribution < -0.4 is 4.74 Å². The van der Waals surface area contributed by atoms with Crippen LogP contribution in [0.2, 0.25) is 0 Å². The van der Waals surface area contributed by atoms with Crippen molar-refractivity contribution >= 4 is 51.2 Å². The van der Waals surface area contributed by atoms with Gasteiger partial charge in [-0.05, 0) is 65.1 Å². The van der Waals surface area contributed by atoms with Crippen LogP contribution in [0.4, 0.5) is 0 Å². The average molecular weight is 488 g/mol. The highest BCUT2D eigenvalue weighted by Gasteiger charge is 2.21. The molecule has 0 spiro atoms. The molecular formula is C13H14I2O4. The number of esters is 1. The van der Waals surface area contributed by atoms with Crippen LogP contribution in [-0.2, 0) is 9.53 Å². The lowest BCUT2D eigenvalue weighted by Crippen LogP contribution is -2.11. The van der Waals surface area contributed by atoms with Crippen molar-refractivity contribution in [1.29, 1.82) is 0 Å². The number of hydrogen-bond donors (Lipinski definition) is 1. The molecular weight excluding hydrogens is 474 g/mol. The number of methoxy groups -OCH3 is 1. The number of carbonyl (C=O) groups excluding carboxylic acids is 1. The molecule has 1 aromatic rings. The first-order valence-corrected chi connectivity index (χ1v) is 7.56. The molecule has 0 bridgehead atoms. The molecule has 1 aromatic carbocycles. The first-order valence-electron chi connectivity index (χ1n) is 5.40. The van der Waals surface area contributed by atoms with Crippen molar-refractivity contribution < 1.29 is 19.4 Å². The van der Waals surface area contributed by atoms with Crippen molar-refractivity contribution in [2.45, 2.75) is 20.0 Å². The summed E-state index contributed by atoms with van der Waals surface area (Å²) in [6.07, 6.45) is -0.445. The molecule has 1 rings (SSSR count). The van der Waals surface area contributed by atoms with E-state index in [0.717, 1.165) is 9.13 Å². The summed E-state index contributed by atoms with van der Waals surface area (Å²) in [4.78, 5) is 11.5. The van der Waals surface area contributed by atoms with Gasteiger partial charge in [-0.2, -0.15) is 0 Å². The second-order valence-electron chi connectivity index (χ2n) is 3.97. The molecule has 1 unspecified atom stereocenters. The van der Waals surface area contributed by atoms with Crippen LogP contribution >= 0.6 is 45.2 Å². The van der Waals surface area contributed by atoms with Gasteiger partial charge in [-0.25, -0.2) is 4.79 Å². The average Bonchev–Trinajstić information content (AvgIpc) is 2.34. The Morgan fingerprint density at radius 2 is 2.05 bits per heavy atom. The number of ether oxygens (including phenoxy) is 2. The van der Waals surface area contributed by atoms with E-state index in [1.165, 1.54) is 7.11 Å². The van der Waals surface area contributed by atoms with Crippen LogP contribution in [0.5, 0.6) is 11.5 Å². The van der Waals surface area contributed by atoms with E-state index in [1.807, 2.05) is 22.6 Å². The van der Waals surface area contributed by atoms with Gasteiger partial charge in [0.05, 0.1) is 14.3 Å². The predicted octanol–water partition coefficient (Wildman–Crippen LogP) is 3.79. The Morgan fingerprint density at radius 3 is 2.53 bits per heavy atom. The molecule has 0 radical (unpaired) electrons. The molecule has 0 saturated carbocycles. The van der Waals surface area contributed by atoms with Gasteiger partial charge in [-0.15, -0.1) is 0 Å². The number of phenolic OH excluding ortho intramolecular Hbond substituents is 1. The predicted molar refractivity (Wildman–Crippen MR) is 89.4 cm³/mol. The van der Waals surface area contributed by atoms with Crippen LogP contribution in [0.15, 0.2) is 18.2 Å². The lowest BCUT2D eigenvalue weighted by atomic mass is 10.1. The first-order chi connectivity index (χ1) is 8.79. The van der Waals surface area contributed by atoms with E-state index in [0.29, 0.717) is 14.9 Å². The standard InChI is InChI=1S/C13H14I2O4/c1-6(2)13(17)19-7(3)8-5-9(14)11(16)12(18-4)10(8)15/h5,7,16H,1H2,2-4H3. The van der Waals surface area contributed by atoms with Gasteiger partial charge in [-0.3, -0.25) is 0 Å². The molecule has 0 aliphatic heterocycles. The summed E-state index contributed by atoms with van der Waals surface area (Å²) >= 11 is 4.07. The zero-order valence-electron chi connectivity index (χ0n) is 10.8. The van der Waals surface area contributed by atoms with E-state index in [9.17, 15) is 9.90 Å². The number of phenols is 1. The Hall–Kier alpha value is -0.510. The van der Waals surface area contributed by atoms with Gasteiger partial charge in [-0.1, -0.05) is 6.58 Å². The minimum Gasteiger partial charge on any atom is -0.503 e. The van der Waals surface area contributed by atoms with Gasteiger partial charge >= 0.3 is 5.97 Å². The van der Waals surface area contributed by atoms with Gasteiger partial charge in [0.15, 0.2) is 11.5 Å². The molecule has 19 heavy (non-hydrogen) atoms. The molecule has 0 fully saturated rings. The molecule has 104 valence electrons. The van der Waals surface area contributed by atoms with Crippen LogP contribution in [-0.4, -0.2) is 18.2 Å². The molecule has 0 aromatic heterocycles. The number of aromatic hydroxyl groups is 1. The highest BCUT2D eigenvalue weighted by Crippen LogP contribution is 2.40. The molecule has 4 nitrogen and oxygen atoms in total. The van der Waals surface area contributed by atoms with Gasteiger partial charge in [0.2, 0.25) is 0 Å². The topological polar surface area (TPSA) is 55.8 Å². The molecule has 6 heteroatoms. The molecule has 0 amide bonds. The molecule has 0 heterocycles. The summed E-state index contributed by atoms with van der Waals surface area (Å²) in [6.45, 7) is 6.91. The minimum absolute atomic E-state index is 0.0923. The molecule has 1 atom stereocenters. The summed E-state index contributed by atoms with van der Waals surface area (Å²) in [5.41, 5.74) is 1.14. The summed E-state index contributed by atoms with van der Waals surface area (Å²) in [7, 11) is 1.49. The third kappa shape index (κ3) is 3.74. The fourth-order valence-corrected chi connectivity index (χ4v) is 3.07. The molecule has 0 aliphatic rings. The lowest BCUT2D eigenvalue weighted by molar-refractivity contribution is -0.143. The molecule has 1 N–H and O–H groups in total.